The van der Waals surface area contributed by atoms with Crippen LogP contribution in [0.25, 0.3) is 11.0 Å². The van der Waals surface area contributed by atoms with E-state index in [-0.39, 0.29) is 17.3 Å². The Balaban J connectivity index is 1.54. The molecule has 2 aromatic heterocycles. The number of aromatic nitrogens is 2. The number of rotatable bonds is 3. The number of aromatic amines is 1. The predicted octanol–water partition coefficient (Wildman–Crippen LogP) is 2.79. The van der Waals surface area contributed by atoms with E-state index in [0.29, 0.717) is 30.5 Å². The highest BCUT2D eigenvalue weighted by Crippen LogP contribution is 2.35. The summed E-state index contributed by atoms with van der Waals surface area (Å²) in [6, 6.07) is 14.3. The van der Waals surface area contributed by atoms with Crippen LogP contribution < -0.4 is 5.56 Å². The minimum absolute atomic E-state index is 0.0927. The largest absolute Gasteiger partial charge is 0.388 e. The second-order valence-electron chi connectivity index (χ2n) is 6.50. The van der Waals surface area contributed by atoms with E-state index in [9.17, 15) is 14.7 Å². The number of H-pyrrole nitrogens is 1. The summed E-state index contributed by atoms with van der Waals surface area (Å²) in [7, 11) is 0. The molecule has 2 unspecified atom stereocenters. The molecule has 0 aliphatic heterocycles. The lowest BCUT2D eigenvalue weighted by atomic mass is 9.79. The second kappa shape index (κ2) is 6.26. The van der Waals surface area contributed by atoms with Crippen LogP contribution in [0.15, 0.2) is 53.3 Å². The van der Waals surface area contributed by atoms with Gasteiger partial charge in [-0.15, -0.1) is 0 Å². The van der Waals surface area contributed by atoms with E-state index in [2.05, 4.69) is 9.97 Å². The van der Waals surface area contributed by atoms with Crippen LogP contribution in [-0.2, 0) is 6.42 Å². The lowest BCUT2D eigenvalue weighted by Gasteiger charge is -2.27. The standard InChI is InChI=1S/C20H18N2O3/c23-17-11-13(19(25)16-4-2-1-3-15(16)17)6-9-14-8-5-12-7-10-18(24)22-20(12)21-14/h1-5,7-8,10,13,17,23H,6,9,11H2,(H,21,22,24). The van der Waals surface area contributed by atoms with Crippen molar-refractivity contribution in [3.63, 3.8) is 0 Å². The van der Waals surface area contributed by atoms with Gasteiger partial charge in [0.25, 0.3) is 0 Å². The van der Waals surface area contributed by atoms with Crippen LogP contribution in [0.3, 0.4) is 0 Å². The number of aryl methyl sites for hydroxylation is 1. The minimum Gasteiger partial charge on any atom is -0.388 e. The third-order valence-electron chi connectivity index (χ3n) is 4.85. The van der Waals surface area contributed by atoms with Crippen molar-refractivity contribution in [1.29, 1.82) is 0 Å². The maximum absolute atomic E-state index is 12.7. The molecule has 0 fully saturated rings. The van der Waals surface area contributed by atoms with Crippen LogP contribution in [-0.4, -0.2) is 20.9 Å². The first kappa shape index (κ1) is 15.7. The van der Waals surface area contributed by atoms with E-state index in [1.54, 1.807) is 12.1 Å². The molecule has 2 N–H and O–H groups in total. The molecule has 0 amide bonds. The third kappa shape index (κ3) is 2.98. The Hall–Kier alpha value is -2.79. The molecule has 3 aromatic rings. The Kier molecular flexibility index (Phi) is 3.93. The monoisotopic (exact) mass is 334 g/mol. The summed E-state index contributed by atoms with van der Waals surface area (Å²) in [6.45, 7) is 0. The fraction of sp³-hybridized carbons (Fsp3) is 0.250. The molecule has 0 saturated heterocycles. The van der Waals surface area contributed by atoms with Crippen molar-refractivity contribution in [2.24, 2.45) is 5.92 Å². The van der Waals surface area contributed by atoms with Crippen molar-refractivity contribution in [2.45, 2.75) is 25.4 Å². The average Bonchev–Trinajstić information content (AvgIpc) is 2.63. The van der Waals surface area contributed by atoms with E-state index in [1.807, 2.05) is 30.3 Å². The van der Waals surface area contributed by atoms with Crippen molar-refractivity contribution in [1.82, 2.24) is 9.97 Å². The molecule has 0 bridgehead atoms. The van der Waals surface area contributed by atoms with Crippen LogP contribution in [0.2, 0.25) is 0 Å². The molecule has 0 spiro atoms. The van der Waals surface area contributed by atoms with Gasteiger partial charge in [-0.3, -0.25) is 9.59 Å². The molecule has 1 aromatic carbocycles. The molecular formula is C20H18N2O3. The molecule has 2 atom stereocenters. The van der Waals surface area contributed by atoms with Crippen molar-refractivity contribution < 1.29 is 9.90 Å². The summed E-state index contributed by atoms with van der Waals surface area (Å²) in [5.41, 5.74) is 2.56. The Morgan fingerprint density at radius 2 is 1.88 bits per heavy atom. The fourth-order valence-corrected chi connectivity index (χ4v) is 3.51. The zero-order chi connectivity index (χ0) is 17.4. The number of ketones is 1. The zero-order valence-electron chi connectivity index (χ0n) is 13.6. The summed E-state index contributed by atoms with van der Waals surface area (Å²) in [4.78, 5) is 31.3. The first-order valence-corrected chi connectivity index (χ1v) is 8.42. The van der Waals surface area contributed by atoms with E-state index in [4.69, 9.17) is 0 Å². The number of Topliss-reactive ketones (excluding diaryl/α,β-unsaturated/α-hetero) is 1. The normalized spacial score (nSPS) is 19.8. The van der Waals surface area contributed by atoms with Gasteiger partial charge in [0.05, 0.1) is 6.10 Å². The molecule has 25 heavy (non-hydrogen) atoms. The van der Waals surface area contributed by atoms with Gasteiger partial charge in [0.15, 0.2) is 5.78 Å². The smallest absolute Gasteiger partial charge is 0.249 e. The van der Waals surface area contributed by atoms with Crippen LogP contribution in [0, 0.1) is 5.92 Å². The van der Waals surface area contributed by atoms with Gasteiger partial charge in [0.1, 0.15) is 5.65 Å². The Morgan fingerprint density at radius 3 is 2.76 bits per heavy atom. The van der Waals surface area contributed by atoms with Gasteiger partial charge in [-0.25, -0.2) is 4.98 Å². The number of nitrogens with one attached hydrogen (secondary N) is 1. The number of carbonyl (C=O) groups is 1. The van der Waals surface area contributed by atoms with Gasteiger partial charge in [-0.1, -0.05) is 24.3 Å². The van der Waals surface area contributed by atoms with Gasteiger partial charge >= 0.3 is 0 Å². The highest BCUT2D eigenvalue weighted by molar-refractivity contribution is 6.00. The van der Waals surface area contributed by atoms with E-state index in [0.717, 1.165) is 16.6 Å². The number of nitrogens with zero attached hydrogens (tertiary/aromatic N) is 1. The van der Waals surface area contributed by atoms with Gasteiger partial charge in [0, 0.05) is 28.6 Å². The molecule has 0 saturated carbocycles. The van der Waals surface area contributed by atoms with Crippen LogP contribution in [0.4, 0.5) is 0 Å². The number of hydrogen-bond acceptors (Lipinski definition) is 4. The molecular weight excluding hydrogens is 316 g/mol. The first-order valence-electron chi connectivity index (χ1n) is 8.42. The SMILES string of the molecule is O=C1c2ccccc2C(O)CC1CCc1ccc2ccc(=O)[nH]c2n1. The number of carbonyl (C=O) groups excluding carboxylic acids is 1. The summed E-state index contributed by atoms with van der Waals surface area (Å²) >= 11 is 0. The number of aliphatic hydroxyl groups excluding tert-OH is 1. The fourth-order valence-electron chi connectivity index (χ4n) is 3.51. The van der Waals surface area contributed by atoms with Gasteiger partial charge in [-0.05, 0) is 43.0 Å². The molecule has 1 aliphatic rings. The molecule has 126 valence electrons. The lowest BCUT2D eigenvalue weighted by Crippen LogP contribution is -2.26. The lowest BCUT2D eigenvalue weighted by molar-refractivity contribution is 0.0763. The molecule has 5 nitrogen and oxygen atoms in total. The van der Waals surface area contributed by atoms with Crippen LogP contribution in [0.1, 0.15) is 40.6 Å². The Bertz CT molecular complexity index is 1010. The van der Waals surface area contributed by atoms with Crippen molar-refractivity contribution >= 4 is 16.8 Å². The summed E-state index contributed by atoms with van der Waals surface area (Å²) in [5, 5.41) is 11.2. The Labute approximate surface area is 144 Å². The predicted molar refractivity (Wildman–Crippen MR) is 94.5 cm³/mol. The molecule has 1 aliphatic carbocycles. The zero-order valence-corrected chi connectivity index (χ0v) is 13.6. The van der Waals surface area contributed by atoms with Crippen molar-refractivity contribution in [3.8, 4) is 0 Å². The number of hydrogen-bond donors (Lipinski definition) is 2. The number of benzene rings is 1. The van der Waals surface area contributed by atoms with E-state index >= 15 is 0 Å². The van der Waals surface area contributed by atoms with Crippen molar-refractivity contribution in [2.75, 3.05) is 0 Å². The summed E-state index contributed by atoms with van der Waals surface area (Å²) in [6.07, 6.45) is 1.10. The van der Waals surface area contributed by atoms with E-state index < -0.39 is 6.10 Å². The average molecular weight is 334 g/mol. The Morgan fingerprint density at radius 1 is 1.08 bits per heavy atom. The van der Waals surface area contributed by atoms with Crippen LogP contribution >= 0.6 is 0 Å². The van der Waals surface area contributed by atoms with Crippen LogP contribution in [0.5, 0.6) is 0 Å². The first-order chi connectivity index (χ1) is 12.1. The second-order valence-corrected chi connectivity index (χ2v) is 6.50. The summed E-state index contributed by atoms with van der Waals surface area (Å²) in [5.74, 6) is -0.118. The molecule has 0 radical (unpaired) electrons. The number of aliphatic hydroxyl groups is 1. The molecule has 2 heterocycles. The maximum atomic E-state index is 12.7. The molecule has 4 rings (SSSR count). The highest BCUT2D eigenvalue weighted by atomic mass is 16.3. The summed E-state index contributed by atoms with van der Waals surface area (Å²) < 4.78 is 0. The number of fused-ring (bicyclic) bond motifs is 2. The maximum Gasteiger partial charge on any atom is 0.249 e. The van der Waals surface area contributed by atoms with Gasteiger partial charge < -0.3 is 10.1 Å². The van der Waals surface area contributed by atoms with Gasteiger partial charge in [0.2, 0.25) is 5.56 Å². The third-order valence-corrected chi connectivity index (χ3v) is 4.85. The topological polar surface area (TPSA) is 83.0 Å². The van der Waals surface area contributed by atoms with Gasteiger partial charge in [-0.2, -0.15) is 0 Å². The highest BCUT2D eigenvalue weighted by Gasteiger charge is 2.32. The van der Waals surface area contributed by atoms with Crippen molar-refractivity contribution in [3.05, 3.63) is 75.7 Å². The minimum atomic E-state index is -0.597. The van der Waals surface area contributed by atoms with E-state index in [1.165, 1.54) is 6.07 Å². The quantitative estimate of drug-likeness (QED) is 0.771. The number of pyridine rings is 2. The molecule has 5 heteroatoms.